The maximum Gasteiger partial charge on any atom is 0.418 e. The van der Waals surface area contributed by atoms with Crippen molar-refractivity contribution in [3.8, 4) is 0 Å². The van der Waals surface area contributed by atoms with Gasteiger partial charge in [0.25, 0.3) is 0 Å². The van der Waals surface area contributed by atoms with Crippen molar-refractivity contribution < 1.29 is 18.0 Å². The van der Waals surface area contributed by atoms with Crippen molar-refractivity contribution in [1.82, 2.24) is 0 Å². The van der Waals surface area contributed by atoms with Crippen LogP contribution in [-0.4, -0.2) is 5.91 Å². The first-order valence-corrected chi connectivity index (χ1v) is 7.13. The van der Waals surface area contributed by atoms with Gasteiger partial charge in [-0.2, -0.15) is 13.2 Å². The highest BCUT2D eigenvalue weighted by Crippen LogP contribution is 2.36. The molecule has 1 fully saturated rings. The van der Waals surface area contributed by atoms with Gasteiger partial charge in [0, 0.05) is 12.5 Å². The smallest absolute Gasteiger partial charge is 0.326 e. The molecule has 0 bridgehead atoms. The Morgan fingerprint density at radius 3 is 2.48 bits per heavy atom. The van der Waals surface area contributed by atoms with E-state index in [0.29, 0.717) is 5.56 Å². The number of nitrogens with two attached hydrogens (primary N) is 1. The monoisotopic (exact) mass is 300 g/mol. The molecule has 0 aromatic heterocycles. The number of hydrogen-bond acceptors (Lipinski definition) is 2. The molecule has 116 valence electrons. The summed E-state index contributed by atoms with van der Waals surface area (Å²) < 4.78 is 39.2. The van der Waals surface area contributed by atoms with Crippen molar-refractivity contribution in [3.63, 3.8) is 0 Å². The van der Waals surface area contributed by atoms with Crippen LogP contribution < -0.4 is 11.1 Å². The van der Waals surface area contributed by atoms with E-state index in [1.165, 1.54) is 12.1 Å². The Bertz CT molecular complexity index is 508. The van der Waals surface area contributed by atoms with Crippen LogP contribution in [0.3, 0.4) is 0 Å². The van der Waals surface area contributed by atoms with E-state index in [-0.39, 0.29) is 24.1 Å². The molecule has 1 aliphatic rings. The number of rotatable bonds is 3. The highest BCUT2D eigenvalue weighted by atomic mass is 19.4. The number of alkyl halides is 3. The van der Waals surface area contributed by atoms with Gasteiger partial charge in [-0.25, -0.2) is 0 Å². The zero-order valence-corrected chi connectivity index (χ0v) is 11.7. The molecule has 1 aromatic rings. The Morgan fingerprint density at radius 2 is 1.90 bits per heavy atom. The Kier molecular flexibility index (Phi) is 4.88. The average molecular weight is 300 g/mol. The standard InChI is InChI=1S/C15H19F3N2O/c16-15(17,18)12-8-10(9-19)6-7-13(12)20-14(21)11-4-2-1-3-5-11/h6-8,11H,1-5,9,19H2,(H,20,21). The van der Waals surface area contributed by atoms with Crippen molar-refractivity contribution in [1.29, 1.82) is 0 Å². The fourth-order valence-corrected chi connectivity index (χ4v) is 2.66. The molecular formula is C15H19F3N2O. The zero-order valence-electron chi connectivity index (χ0n) is 11.7. The van der Waals surface area contributed by atoms with Crippen LogP contribution in [0.1, 0.15) is 43.2 Å². The maximum atomic E-state index is 13.1. The minimum atomic E-state index is -4.51. The fraction of sp³-hybridized carbons (Fsp3) is 0.533. The number of benzene rings is 1. The van der Waals surface area contributed by atoms with Crippen LogP contribution in [0.5, 0.6) is 0 Å². The minimum Gasteiger partial charge on any atom is -0.326 e. The zero-order chi connectivity index (χ0) is 15.5. The van der Waals surface area contributed by atoms with Gasteiger partial charge in [-0.1, -0.05) is 25.3 Å². The summed E-state index contributed by atoms with van der Waals surface area (Å²) in [5, 5.41) is 2.44. The number of carbonyl (C=O) groups is 1. The molecule has 3 nitrogen and oxygen atoms in total. The van der Waals surface area contributed by atoms with Gasteiger partial charge in [-0.05, 0) is 30.5 Å². The molecule has 0 saturated heterocycles. The average Bonchev–Trinajstić information content (AvgIpc) is 2.47. The third-order valence-corrected chi connectivity index (χ3v) is 3.86. The SMILES string of the molecule is NCc1ccc(NC(=O)C2CCCCC2)c(C(F)(F)F)c1. The molecule has 0 unspecified atom stereocenters. The van der Waals surface area contributed by atoms with E-state index < -0.39 is 11.7 Å². The molecule has 0 heterocycles. The van der Waals surface area contributed by atoms with Crippen LogP contribution in [0.15, 0.2) is 18.2 Å². The van der Waals surface area contributed by atoms with Gasteiger partial charge >= 0.3 is 6.18 Å². The summed E-state index contributed by atoms with van der Waals surface area (Å²) in [7, 11) is 0. The summed E-state index contributed by atoms with van der Waals surface area (Å²) in [4.78, 5) is 12.1. The van der Waals surface area contributed by atoms with Gasteiger partial charge in [0.1, 0.15) is 0 Å². The van der Waals surface area contributed by atoms with Crippen LogP contribution in [-0.2, 0) is 17.5 Å². The highest BCUT2D eigenvalue weighted by molar-refractivity contribution is 5.93. The van der Waals surface area contributed by atoms with Crippen molar-refractivity contribution >= 4 is 11.6 Å². The lowest BCUT2D eigenvalue weighted by atomic mass is 9.88. The molecule has 2 rings (SSSR count). The van der Waals surface area contributed by atoms with E-state index >= 15 is 0 Å². The number of anilines is 1. The molecule has 0 radical (unpaired) electrons. The van der Waals surface area contributed by atoms with Crippen molar-refractivity contribution in [2.45, 2.75) is 44.8 Å². The Balaban J connectivity index is 2.20. The number of nitrogens with one attached hydrogen (secondary N) is 1. The van der Waals surface area contributed by atoms with Gasteiger partial charge < -0.3 is 11.1 Å². The topological polar surface area (TPSA) is 55.1 Å². The Hall–Kier alpha value is -1.56. The number of carbonyl (C=O) groups excluding carboxylic acids is 1. The molecule has 1 aliphatic carbocycles. The normalized spacial score (nSPS) is 16.8. The second kappa shape index (κ2) is 6.47. The summed E-state index contributed by atoms with van der Waals surface area (Å²) in [6.07, 6.45) is -0.0298. The van der Waals surface area contributed by atoms with Gasteiger partial charge in [-0.3, -0.25) is 4.79 Å². The van der Waals surface area contributed by atoms with Crippen LogP contribution >= 0.6 is 0 Å². The van der Waals surface area contributed by atoms with E-state index in [9.17, 15) is 18.0 Å². The Morgan fingerprint density at radius 1 is 1.24 bits per heavy atom. The molecule has 1 saturated carbocycles. The van der Waals surface area contributed by atoms with Crippen molar-refractivity contribution in [3.05, 3.63) is 29.3 Å². The summed E-state index contributed by atoms with van der Waals surface area (Å²) in [6.45, 7) is 0.0277. The van der Waals surface area contributed by atoms with Crippen molar-refractivity contribution in [2.75, 3.05) is 5.32 Å². The summed E-state index contributed by atoms with van der Waals surface area (Å²) in [6, 6.07) is 3.79. The first-order chi connectivity index (χ1) is 9.91. The maximum absolute atomic E-state index is 13.1. The molecule has 1 aromatic carbocycles. The van der Waals surface area contributed by atoms with Gasteiger partial charge in [0.05, 0.1) is 11.3 Å². The summed E-state index contributed by atoms with van der Waals surface area (Å²) in [5.74, 6) is -0.505. The third-order valence-electron chi connectivity index (χ3n) is 3.86. The van der Waals surface area contributed by atoms with Crippen LogP contribution in [0.4, 0.5) is 18.9 Å². The van der Waals surface area contributed by atoms with Gasteiger partial charge in [0.2, 0.25) is 5.91 Å². The lowest BCUT2D eigenvalue weighted by molar-refractivity contribution is -0.137. The van der Waals surface area contributed by atoms with Crippen molar-refractivity contribution in [2.24, 2.45) is 11.7 Å². The first-order valence-electron chi connectivity index (χ1n) is 7.13. The van der Waals surface area contributed by atoms with Crippen LogP contribution in [0, 0.1) is 5.92 Å². The van der Waals surface area contributed by atoms with E-state index in [2.05, 4.69) is 5.32 Å². The highest BCUT2D eigenvalue weighted by Gasteiger charge is 2.34. The van der Waals surface area contributed by atoms with E-state index in [1.807, 2.05) is 0 Å². The summed E-state index contributed by atoms with van der Waals surface area (Å²) >= 11 is 0. The minimum absolute atomic E-state index is 0.0277. The molecule has 0 atom stereocenters. The predicted octanol–water partition coefficient (Wildman–Crippen LogP) is 3.68. The molecule has 0 aliphatic heterocycles. The Labute approximate surface area is 121 Å². The molecule has 3 N–H and O–H groups in total. The third kappa shape index (κ3) is 3.97. The second-order valence-electron chi connectivity index (χ2n) is 5.41. The van der Waals surface area contributed by atoms with E-state index in [4.69, 9.17) is 5.73 Å². The number of hydrogen-bond donors (Lipinski definition) is 2. The lowest BCUT2D eigenvalue weighted by Crippen LogP contribution is -2.26. The largest absolute Gasteiger partial charge is 0.418 e. The van der Waals surface area contributed by atoms with Crippen LogP contribution in [0.2, 0.25) is 0 Å². The lowest BCUT2D eigenvalue weighted by Gasteiger charge is -2.22. The molecule has 6 heteroatoms. The molecule has 21 heavy (non-hydrogen) atoms. The van der Waals surface area contributed by atoms with E-state index in [1.54, 1.807) is 0 Å². The fourth-order valence-electron chi connectivity index (χ4n) is 2.66. The van der Waals surface area contributed by atoms with E-state index in [0.717, 1.165) is 38.2 Å². The molecule has 1 amide bonds. The van der Waals surface area contributed by atoms with Crippen LogP contribution in [0.25, 0.3) is 0 Å². The predicted molar refractivity (Wildman–Crippen MR) is 74.5 cm³/mol. The number of halogens is 3. The first kappa shape index (κ1) is 15.8. The molecular weight excluding hydrogens is 281 g/mol. The quantitative estimate of drug-likeness (QED) is 0.894. The van der Waals surface area contributed by atoms with Gasteiger partial charge in [0.15, 0.2) is 0 Å². The van der Waals surface area contributed by atoms with Gasteiger partial charge in [-0.15, -0.1) is 0 Å². The second-order valence-corrected chi connectivity index (χ2v) is 5.41. The number of amides is 1. The summed E-state index contributed by atoms with van der Waals surface area (Å²) in [5.41, 5.74) is 4.74. The molecule has 0 spiro atoms.